The summed E-state index contributed by atoms with van der Waals surface area (Å²) in [5, 5.41) is 15.4. The minimum atomic E-state index is -0.767. The topological polar surface area (TPSA) is 66.0 Å². The van der Waals surface area contributed by atoms with E-state index in [0.29, 0.717) is 6.42 Å². The van der Waals surface area contributed by atoms with Crippen molar-refractivity contribution in [2.45, 2.75) is 26.7 Å². The number of aromatic amines is 1. The van der Waals surface area contributed by atoms with Crippen molar-refractivity contribution in [3.8, 4) is 0 Å². The zero-order valence-corrected chi connectivity index (χ0v) is 7.87. The van der Waals surface area contributed by atoms with E-state index >= 15 is 0 Å². The molecule has 0 aliphatic carbocycles. The highest BCUT2D eigenvalue weighted by atomic mass is 16.4. The van der Waals surface area contributed by atoms with Crippen LogP contribution < -0.4 is 0 Å². The van der Waals surface area contributed by atoms with Crippen LogP contribution in [0, 0.1) is 5.92 Å². The zero-order chi connectivity index (χ0) is 9.84. The fourth-order valence-corrected chi connectivity index (χ4v) is 1.21. The number of nitrogens with zero attached hydrogens (tertiary/aromatic N) is 1. The molecule has 0 aromatic carbocycles. The summed E-state index contributed by atoms with van der Waals surface area (Å²) in [6, 6.07) is 0. The number of hydrogen-bond donors (Lipinski definition) is 2. The van der Waals surface area contributed by atoms with Gasteiger partial charge < -0.3 is 5.11 Å². The van der Waals surface area contributed by atoms with Gasteiger partial charge in [0.25, 0.3) is 0 Å². The average molecular weight is 182 g/mol. The number of nitrogens with one attached hydrogen (secondary N) is 1. The Kier molecular flexibility index (Phi) is 3.06. The summed E-state index contributed by atoms with van der Waals surface area (Å²) in [4.78, 5) is 10.6. The summed E-state index contributed by atoms with van der Waals surface area (Å²) in [6.07, 6.45) is 3.17. The van der Waals surface area contributed by atoms with Crippen LogP contribution in [0.25, 0.3) is 0 Å². The second kappa shape index (κ2) is 4.07. The molecule has 0 amide bonds. The highest BCUT2D eigenvalue weighted by molar-refractivity contribution is 5.69. The fourth-order valence-electron chi connectivity index (χ4n) is 1.21. The predicted octanol–water partition coefficient (Wildman–Crippen LogP) is 1.24. The van der Waals surface area contributed by atoms with Gasteiger partial charge in [-0.05, 0) is 12.0 Å². The second-order valence-corrected chi connectivity index (χ2v) is 3.17. The Morgan fingerprint density at radius 1 is 1.77 bits per heavy atom. The SMILES string of the molecule is CCc1cn[nH]c1CC(C)C(=O)O. The quantitative estimate of drug-likeness (QED) is 0.736. The van der Waals surface area contributed by atoms with E-state index in [1.165, 1.54) is 0 Å². The third-order valence-corrected chi connectivity index (χ3v) is 2.12. The molecule has 2 N–H and O–H groups in total. The monoisotopic (exact) mass is 182 g/mol. The Morgan fingerprint density at radius 3 is 3.00 bits per heavy atom. The van der Waals surface area contributed by atoms with Crippen molar-refractivity contribution >= 4 is 5.97 Å². The maximum absolute atomic E-state index is 10.6. The molecule has 1 atom stereocenters. The number of aliphatic carboxylic acids is 1. The van der Waals surface area contributed by atoms with Gasteiger partial charge >= 0.3 is 5.97 Å². The lowest BCUT2D eigenvalue weighted by atomic mass is 10.0. The van der Waals surface area contributed by atoms with Crippen molar-refractivity contribution in [1.82, 2.24) is 10.2 Å². The van der Waals surface area contributed by atoms with Gasteiger partial charge in [0, 0.05) is 12.1 Å². The molecule has 0 saturated carbocycles. The third-order valence-electron chi connectivity index (χ3n) is 2.12. The Bertz CT molecular complexity index is 294. The molecule has 0 aliphatic rings. The first-order chi connectivity index (χ1) is 6.15. The first kappa shape index (κ1) is 9.77. The maximum atomic E-state index is 10.6. The van der Waals surface area contributed by atoms with Gasteiger partial charge in [-0.3, -0.25) is 9.89 Å². The lowest BCUT2D eigenvalue weighted by Gasteiger charge is -2.04. The molecule has 1 heterocycles. The van der Waals surface area contributed by atoms with Crippen molar-refractivity contribution in [3.05, 3.63) is 17.5 Å². The van der Waals surface area contributed by atoms with Gasteiger partial charge in [-0.2, -0.15) is 5.10 Å². The Balaban J connectivity index is 2.68. The van der Waals surface area contributed by atoms with Crippen molar-refractivity contribution < 1.29 is 9.90 Å². The number of rotatable bonds is 4. The van der Waals surface area contributed by atoms with E-state index in [4.69, 9.17) is 5.11 Å². The van der Waals surface area contributed by atoms with Crippen LogP contribution >= 0.6 is 0 Å². The molecule has 4 heteroatoms. The maximum Gasteiger partial charge on any atom is 0.306 e. The molecule has 1 aromatic heterocycles. The molecule has 1 unspecified atom stereocenters. The summed E-state index contributed by atoms with van der Waals surface area (Å²) >= 11 is 0. The van der Waals surface area contributed by atoms with Gasteiger partial charge in [-0.1, -0.05) is 13.8 Å². The van der Waals surface area contributed by atoms with Gasteiger partial charge in [0.2, 0.25) is 0 Å². The van der Waals surface area contributed by atoms with Crippen LogP contribution in [0.2, 0.25) is 0 Å². The van der Waals surface area contributed by atoms with Crippen LogP contribution in [0.15, 0.2) is 6.20 Å². The first-order valence-electron chi connectivity index (χ1n) is 4.39. The molecule has 0 saturated heterocycles. The van der Waals surface area contributed by atoms with Crippen LogP contribution in [0.3, 0.4) is 0 Å². The first-order valence-corrected chi connectivity index (χ1v) is 4.39. The van der Waals surface area contributed by atoms with E-state index in [1.807, 2.05) is 6.92 Å². The average Bonchev–Trinajstić information content (AvgIpc) is 2.51. The number of hydrogen-bond acceptors (Lipinski definition) is 2. The second-order valence-electron chi connectivity index (χ2n) is 3.17. The van der Waals surface area contributed by atoms with Crippen LogP contribution in [0.4, 0.5) is 0 Å². The molecule has 4 nitrogen and oxygen atoms in total. The Hall–Kier alpha value is -1.32. The van der Waals surface area contributed by atoms with Gasteiger partial charge in [-0.15, -0.1) is 0 Å². The minimum Gasteiger partial charge on any atom is -0.481 e. The summed E-state index contributed by atoms with van der Waals surface area (Å²) in [6.45, 7) is 3.72. The zero-order valence-electron chi connectivity index (χ0n) is 7.87. The molecule has 0 bridgehead atoms. The molecule has 1 rings (SSSR count). The standard InChI is InChI=1S/C9H14N2O2/c1-3-7-5-10-11-8(7)4-6(2)9(12)13/h5-6H,3-4H2,1-2H3,(H,10,11)(H,12,13). The number of aryl methyl sites for hydroxylation is 1. The molecule has 72 valence electrons. The molecule has 0 radical (unpaired) electrons. The van der Waals surface area contributed by atoms with Crippen molar-refractivity contribution in [2.75, 3.05) is 0 Å². The van der Waals surface area contributed by atoms with E-state index in [1.54, 1.807) is 13.1 Å². The van der Waals surface area contributed by atoms with Crippen molar-refractivity contribution in [3.63, 3.8) is 0 Å². The van der Waals surface area contributed by atoms with Crippen LogP contribution in [0.5, 0.6) is 0 Å². The normalized spacial score (nSPS) is 12.8. The lowest BCUT2D eigenvalue weighted by Crippen LogP contribution is -2.13. The van der Waals surface area contributed by atoms with Gasteiger partial charge in [-0.25, -0.2) is 0 Å². The predicted molar refractivity (Wildman–Crippen MR) is 48.5 cm³/mol. The summed E-state index contributed by atoms with van der Waals surface area (Å²) in [5.41, 5.74) is 2.05. The number of carbonyl (C=O) groups is 1. The molecule has 0 aliphatic heterocycles. The Morgan fingerprint density at radius 2 is 2.46 bits per heavy atom. The van der Waals surface area contributed by atoms with Gasteiger partial charge in [0.1, 0.15) is 0 Å². The van der Waals surface area contributed by atoms with Gasteiger partial charge in [0.15, 0.2) is 0 Å². The van der Waals surface area contributed by atoms with Crippen LogP contribution in [-0.2, 0) is 17.6 Å². The van der Waals surface area contributed by atoms with E-state index < -0.39 is 5.97 Å². The lowest BCUT2D eigenvalue weighted by molar-refractivity contribution is -0.141. The fraction of sp³-hybridized carbons (Fsp3) is 0.556. The van der Waals surface area contributed by atoms with E-state index in [9.17, 15) is 4.79 Å². The van der Waals surface area contributed by atoms with Crippen LogP contribution in [0.1, 0.15) is 25.1 Å². The minimum absolute atomic E-state index is 0.356. The Labute approximate surface area is 77.0 Å². The molecule has 1 aromatic rings. The van der Waals surface area contributed by atoms with E-state index in [0.717, 1.165) is 17.7 Å². The van der Waals surface area contributed by atoms with E-state index in [2.05, 4.69) is 10.2 Å². The number of carboxylic acid groups (broad SMARTS) is 1. The molecule has 0 fully saturated rings. The third kappa shape index (κ3) is 2.31. The molecular formula is C9H14N2O2. The molecule has 13 heavy (non-hydrogen) atoms. The highest BCUT2D eigenvalue weighted by Gasteiger charge is 2.14. The number of aromatic nitrogens is 2. The highest BCUT2D eigenvalue weighted by Crippen LogP contribution is 2.11. The molecular weight excluding hydrogens is 168 g/mol. The largest absolute Gasteiger partial charge is 0.481 e. The van der Waals surface area contributed by atoms with Crippen molar-refractivity contribution in [2.24, 2.45) is 5.92 Å². The number of carboxylic acids is 1. The summed E-state index contributed by atoms with van der Waals surface area (Å²) in [5.74, 6) is -1.12. The van der Waals surface area contributed by atoms with Crippen LogP contribution in [-0.4, -0.2) is 21.3 Å². The summed E-state index contributed by atoms with van der Waals surface area (Å²) in [7, 11) is 0. The molecule has 0 spiro atoms. The number of H-pyrrole nitrogens is 1. The smallest absolute Gasteiger partial charge is 0.306 e. The van der Waals surface area contributed by atoms with Gasteiger partial charge in [0.05, 0.1) is 12.1 Å². The van der Waals surface area contributed by atoms with E-state index in [-0.39, 0.29) is 5.92 Å². The summed E-state index contributed by atoms with van der Waals surface area (Å²) < 4.78 is 0. The van der Waals surface area contributed by atoms with Crippen molar-refractivity contribution in [1.29, 1.82) is 0 Å².